The Morgan fingerprint density at radius 2 is 1.36 bits per heavy atom. The first-order valence-electron chi connectivity index (χ1n) is 14.1. The van der Waals surface area contributed by atoms with Crippen LogP contribution >= 0.6 is 0 Å². The molecule has 3 N–H and O–H groups in total. The van der Waals surface area contributed by atoms with E-state index in [2.05, 4.69) is 22.8 Å². The number of fused-ring (bicyclic) bond motifs is 3. The molecule has 0 aromatic heterocycles. The Morgan fingerprint density at radius 3 is 1.95 bits per heavy atom. The monoisotopic (exact) mass is 574 g/mol. The average molecular weight is 575 g/mol. The quantitative estimate of drug-likeness (QED) is 0.210. The van der Waals surface area contributed by atoms with Crippen LogP contribution in [-0.2, 0) is 25.6 Å². The molecule has 0 heterocycles. The van der Waals surface area contributed by atoms with Crippen LogP contribution in [0.1, 0.15) is 56.2 Å². The summed E-state index contributed by atoms with van der Waals surface area (Å²) in [6, 6.07) is 23.5. The largest absolute Gasteiger partial charge is 0.458 e. The van der Waals surface area contributed by atoms with Crippen molar-refractivity contribution in [3.05, 3.63) is 95.6 Å². The molecule has 9 heteroatoms. The number of rotatable bonds is 11. The third kappa shape index (κ3) is 8.33. The molecule has 0 saturated carbocycles. The number of amides is 2. The maximum atomic E-state index is 13.0. The number of esters is 1. The van der Waals surface area contributed by atoms with Gasteiger partial charge in [-0.1, -0.05) is 78.9 Å². The molecule has 9 nitrogen and oxygen atoms in total. The molecule has 3 aromatic rings. The van der Waals surface area contributed by atoms with Crippen molar-refractivity contribution >= 4 is 18.2 Å². The fourth-order valence-electron chi connectivity index (χ4n) is 4.91. The van der Waals surface area contributed by atoms with Crippen LogP contribution in [-0.4, -0.2) is 54.2 Å². The molecule has 0 bridgehead atoms. The van der Waals surface area contributed by atoms with Gasteiger partial charge in [0, 0.05) is 5.92 Å². The van der Waals surface area contributed by atoms with Gasteiger partial charge in [-0.05, 0) is 61.4 Å². The number of alkyl carbamates (subject to hydrolysis) is 2. The zero-order chi connectivity index (χ0) is 30.1. The van der Waals surface area contributed by atoms with E-state index in [1.165, 1.54) is 0 Å². The van der Waals surface area contributed by atoms with Crippen LogP contribution in [0.15, 0.2) is 78.9 Å². The summed E-state index contributed by atoms with van der Waals surface area (Å²) in [5.41, 5.74) is 4.41. The summed E-state index contributed by atoms with van der Waals surface area (Å²) in [6.07, 6.45) is -1.20. The molecular formula is C33H38N2O7. The molecule has 42 heavy (non-hydrogen) atoms. The average Bonchev–Trinajstić information content (AvgIpc) is 3.29. The lowest BCUT2D eigenvalue weighted by Crippen LogP contribution is -2.46. The standard InChI is InChI=1S/C33H38N2O7/c1-33(2,3)42-30(37)29(18-17-23(19-36)34-31(38)40-20-22-11-5-4-6-12-22)35-32(39)41-21-28-26-15-9-7-13-24(26)25-14-8-10-16-27(25)28/h4-16,23,28-29,36H,17-21H2,1-3H3,(H,34,38)(H,35,39)/t23-,29-/m0/s1. The summed E-state index contributed by atoms with van der Waals surface area (Å²) in [5, 5.41) is 15.1. The van der Waals surface area contributed by atoms with Gasteiger partial charge in [0.1, 0.15) is 24.9 Å². The zero-order valence-electron chi connectivity index (χ0n) is 24.2. The molecule has 4 rings (SSSR count). The maximum Gasteiger partial charge on any atom is 0.407 e. The van der Waals surface area contributed by atoms with Crippen molar-refractivity contribution in [3.8, 4) is 11.1 Å². The first-order chi connectivity index (χ1) is 20.1. The van der Waals surface area contributed by atoms with Crippen molar-refractivity contribution in [1.82, 2.24) is 10.6 Å². The van der Waals surface area contributed by atoms with Gasteiger partial charge in [0.05, 0.1) is 12.6 Å². The van der Waals surface area contributed by atoms with Crippen molar-refractivity contribution in [2.24, 2.45) is 0 Å². The number of aliphatic hydroxyl groups excluding tert-OH is 1. The number of ether oxygens (including phenoxy) is 3. The van der Waals surface area contributed by atoms with Crippen molar-refractivity contribution in [2.75, 3.05) is 13.2 Å². The molecule has 0 radical (unpaired) electrons. The van der Waals surface area contributed by atoms with Gasteiger partial charge in [-0.3, -0.25) is 0 Å². The fourth-order valence-corrected chi connectivity index (χ4v) is 4.91. The Labute approximate surface area is 246 Å². The van der Waals surface area contributed by atoms with Gasteiger partial charge in [-0.15, -0.1) is 0 Å². The summed E-state index contributed by atoms with van der Waals surface area (Å²) >= 11 is 0. The van der Waals surface area contributed by atoms with E-state index in [-0.39, 0.29) is 38.6 Å². The number of carbonyl (C=O) groups excluding carboxylic acids is 3. The minimum Gasteiger partial charge on any atom is -0.458 e. The molecule has 0 aliphatic heterocycles. The number of hydrogen-bond acceptors (Lipinski definition) is 7. The summed E-state index contributed by atoms with van der Waals surface area (Å²) in [6.45, 7) is 4.98. The predicted octanol–water partition coefficient (Wildman–Crippen LogP) is 5.30. The van der Waals surface area contributed by atoms with E-state index in [0.29, 0.717) is 0 Å². The Hall–Kier alpha value is -4.37. The summed E-state index contributed by atoms with van der Waals surface area (Å²) < 4.78 is 16.4. The van der Waals surface area contributed by atoms with Gasteiger partial charge in [-0.2, -0.15) is 0 Å². The molecule has 1 aliphatic carbocycles. The lowest BCUT2D eigenvalue weighted by Gasteiger charge is -2.26. The Bertz CT molecular complexity index is 1320. The highest BCUT2D eigenvalue weighted by atomic mass is 16.6. The first kappa shape index (κ1) is 30.6. The molecule has 1 aliphatic rings. The van der Waals surface area contributed by atoms with E-state index in [0.717, 1.165) is 27.8 Å². The number of benzene rings is 3. The van der Waals surface area contributed by atoms with E-state index in [1.807, 2.05) is 66.7 Å². The summed E-state index contributed by atoms with van der Waals surface area (Å²) in [7, 11) is 0. The second-order valence-electron chi connectivity index (χ2n) is 11.2. The smallest absolute Gasteiger partial charge is 0.407 e. The molecule has 0 saturated heterocycles. The molecule has 2 atom stereocenters. The van der Waals surface area contributed by atoms with Gasteiger partial charge < -0.3 is 30.0 Å². The summed E-state index contributed by atoms with van der Waals surface area (Å²) in [5.74, 6) is -0.771. The van der Waals surface area contributed by atoms with E-state index in [1.54, 1.807) is 20.8 Å². The second-order valence-corrected chi connectivity index (χ2v) is 11.2. The molecule has 3 aromatic carbocycles. The highest BCUT2D eigenvalue weighted by Gasteiger charge is 2.31. The number of nitrogens with one attached hydrogen (secondary N) is 2. The predicted molar refractivity (Wildman–Crippen MR) is 158 cm³/mol. The number of hydrogen-bond donors (Lipinski definition) is 3. The SMILES string of the molecule is CC(C)(C)OC(=O)[C@H](CC[C@@H](CO)NC(=O)OCc1ccccc1)NC(=O)OCC1c2ccccc2-c2ccccc21. The van der Waals surface area contributed by atoms with Gasteiger partial charge in [0.2, 0.25) is 0 Å². The molecule has 222 valence electrons. The second kappa shape index (κ2) is 14.0. The first-order valence-corrected chi connectivity index (χ1v) is 14.1. The van der Waals surface area contributed by atoms with Crippen LogP contribution in [0.25, 0.3) is 11.1 Å². The Kier molecular flexibility index (Phi) is 10.2. The number of carbonyl (C=O) groups is 3. The van der Waals surface area contributed by atoms with Gasteiger partial charge in [0.25, 0.3) is 0 Å². The van der Waals surface area contributed by atoms with Crippen molar-refractivity contribution in [3.63, 3.8) is 0 Å². The van der Waals surface area contributed by atoms with Crippen molar-refractivity contribution in [2.45, 2.75) is 63.8 Å². The maximum absolute atomic E-state index is 13.0. The highest BCUT2D eigenvalue weighted by Crippen LogP contribution is 2.44. The number of aliphatic hydroxyl groups is 1. The topological polar surface area (TPSA) is 123 Å². The third-order valence-electron chi connectivity index (χ3n) is 6.89. The summed E-state index contributed by atoms with van der Waals surface area (Å²) in [4.78, 5) is 38.2. The Balaban J connectivity index is 1.35. The zero-order valence-corrected chi connectivity index (χ0v) is 24.2. The van der Waals surface area contributed by atoms with Crippen LogP contribution in [0.2, 0.25) is 0 Å². The van der Waals surface area contributed by atoms with Crippen LogP contribution < -0.4 is 10.6 Å². The Morgan fingerprint density at radius 1 is 0.786 bits per heavy atom. The van der Waals surface area contributed by atoms with Gasteiger partial charge in [-0.25, -0.2) is 14.4 Å². The molecule has 0 fully saturated rings. The minimum atomic E-state index is -1.06. The molecule has 0 unspecified atom stereocenters. The van der Waals surface area contributed by atoms with E-state index >= 15 is 0 Å². The minimum absolute atomic E-state index is 0.0781. The van der Waals surface area contributed by atoms with Gasteiger partial charge >= 0.3 is 18.2 Å². The molecular weight excluding hydrogens is 536 g/mol. The molecule has 2 amide bonds. The van der Waals surface area contributed by atoms with E-state index < -0.39 is 35.8 Å². The third-order valence-corrected chi connectivity index (χ3v) is 6.89. The van der Waals surface area contributed by atoms with Crippen molar-refractivity contribution in [1.29, 1.82) is 0 Å². The lowest BCUT2D eigenvalue weighted by atomic mass is 9.98. The van der Waals surface area contributed by atoms with E-state index in [9.17, 15) is 19.5 Å². The van der Waals surface area contributed by atoms with Gasteiger partial charge in [0.15, 0.2) is 0 Å². The van der Waals surface area contributed by atoms with Crippen LogP contribution in [0.4, 0.5) is 9.59 Å². The van der Waals surface area contributed by atoms with Crippen LogP contribution in [0.3, 0.4) is 0 Å². The van der Waals surface area contributed by atoms with E-state index in [4.69, 9.17) is 14.2 Å². The lowest BCUT2D eigenvalue weighted by molar-refractivity contribution is -0.157. The highest BCUT2D eigenvalue weighted by molar-refractivity contribution is 5.82. The molecule has 0 spiro atoms. The van der Waals surface area contributed by atoms with Crippen LogP contribution in [0, 0.1) is 0 Å². The fraction of sp³-hybridized carbons (Fsp3) is 0.364. The van der Waals surface area contributed by atoms with Crippen molar-refractivity contribution < 1.29 is 33.7 Å². The normalized spacial score (nSPS) is 13.7. The van der Waals surface area contributed by atoms with Crippen LogP contribution in [0.5, 0.6) is 0 Å².